The van der Waals surface area contributed by atoms with Gasteiger partial charge in [0.2, 0.25) is 0 Å². The minimum atomic E-state index is 0.306. The zero-order valence-electron chi connectivity index (χ0n) is 11.6. The molecule has 0 spiro atoms. The van der Waals surface area contributed by atoms with Gasteiger partial charge >= 0.3 is 0 Å². The van der Waals surface area contributed by atoms with E-state index in [0.29, 0.717) is 12.0 Å². The minimum absolute atomic E-state index is 0.306. The van der Waals surface area contributed by atoms with Gasteiger partial charge < -0.3 is 9.73 Å². The third-order valence-corrected chi connectivity index (χ3v) is 4.06. The molecule has 0 radical (unpaired) electrons. The van der Waals surface area contributed by atoms with E-state index in [-0.39, 0.29) is 0 Å². The van der Waals surface area contributed by atoms with Crippen molar-refractivity contribution < 1.29 is 4.42 Å². The predicted molar refractivity (Wildman–Crippen MR) is 77.4 cm³/mol. The highest BCUT2D eigenvalue weighted by atomic mass is 16.3. The molecule has 0 saturated heterocycles. The first-order valence-corrected chi connectivity index (χ1v) is 7.23. The molecule has 0 amide bonds. The molecular weight excluding hydrogens is 234 g/mol. The van der Waals surface area contributed by atoms with Crippen molar-refractivity contribution in [3.05, 3.63) is 59.0 Å². The van der Waals surface area contributed by atoms with Crippen molar-refractivity contribution >= 4 is 0 Å². The normalized spacial score (nSPS) is 18.7. The second kappa shape index (κ2) is 5.22. The molecule has 1 heterocycles. The molecule has 2 unspecified atom stereocenters. The number of nitrogens with one attached hydrogen (secondary N) is 1. The van der Waals surface area contributed by atoms with Crippen LogP contribution in [-0.4, -0.2) is 6.54 Å². The Kier molecular flexibility index (Phi) is 3.43. The van der Waals surface area contributed by atoms with E-state index in [2.05, 4.69) is 55.6 Å². The summed E-state index contributed by atoms with van der Waals surface area (Å²) in [7, 11) is 0. The third-order valence-electron chi connectivity index (χ3n) is 4.06. The van der Waals surface area contributed by atoms with Crippen LogP contribution in [0.5, 0.6) is 0 Å². The van der Waals surface area contributed by atoms with Crippen molar-refractivity contribution in [2.45, 2.75) is 38.6 Å². The molecule has 1 N–H and O–H groups in total. The third kappa shape index (κ3) is 2.21. The van der Waals surface area contributed by atoms with Crippen LogP contribution in [0.2, 0.25) is 0 Å². The van der Waals surface area contributed by atoms with E-state index < -0.39 is 0 Å². The van der Waals surface area contributed by atoms with E-state index in [4.69, 9.17) is 4.42 Å². The zero-order chi connectivity index (χ0) is 13.2. The number of furan rings is 1. The number of benzene rings is 1. The monoisotopic (exact) mass is 255 g/mol. The SMILES string of the molecule is CCNC(c1ccc(CC)o1)C1Cc2ccccc21. The maximum absolute atomic E-state index is 5.96. The fourth-order valence-corrected chi connectivity index (χ4v) is 3.01. The van der Waals surface area contributed by atoms with Gasteiger partial charge in [-0.3, -0.25) is 0 Å². The Morgan fingerprint density at radius 3 is 2.74 bits per heavy atom. The summed E-state index contributed by atoms with van der Waals surface area (Å²) in [6.45, 7) is 5.25. The number of likely N-dealkylation sites (N-methyl/N-ethyl adjacent to an activating group) is 1. The molecule has 2 nitrogen and oxygen atoms in total. The van der Waals surface area contributed by atoms with Crippen molar-refractivity contribution in [3.63, 3.8) is 0 Å². The summed E-state index contributed by atoms with van der Waals surface area (Å²) in [6.07, 6.45) is 2.11. The minimum Gasteiger partial charge on any atom is -0.464 e. The van der Waals surface area contributed by atoms with E-state index in [9.17, 15) is 0 Å². The number of hydrogen-bond acceptors (Lipinski definition) is 2. The van der Waals surface area contributed by atoms with Gasteiger partial charge in [0.25, 0.3) is 0 Å². The van der Waals surface area contributed by atoms with Crippen LogP contribution in [0, 0.1) is 0 Å². The smallest absolute Gasteiger partial charge is 0.121 e. The first-order valence-electron chi connectivity index (χ1n) is 7.23. The lowest BCUT2D eigenvalue weighted by Gasteiger charge is -2.36. The zero-order valence-corrected chi connectivity index (χ0v) is 11.6. The van der Waals surface area contributed by atoms with Gasteiger partial charge in [-0.1, -0.05) is 38.1 Å². The van der Waals surface area contributed by atoms with E-state index >= 15 is 0 Å². The summed E-state index contributed by atoms with van der Waals surface area (Å²) >= 11 is 0. The van der Waals surface area contributed by atoms with Gasteiger partial charge in [0, 0.05) is 12.3 Å². The van der Waals surface area contributed by atoms with Crippen LogP contribution in [0.15, 0.2) is 40.8 Å². The molecule has 19 heavy (non-hydrogen) atoms. The molecule has 2 aromatic rings. The van der Waals surface area contributed by atoms with Crippen LogP contribution in [0.3, 0.4) is 0 Å². The highest BCUT2D eigenvalue weighted by Gasteiger charge is 2.34. The summed E-state index contributed by atoms with van der Waals surface area (Å²) < 4.78 is 5.96. The molecule has 0 fully saturated rings. The topological polar surface area (TPSA) is 25.2 Å². The standard InChI is InChI=1S/C17H21NO/c1-3-13-9-10-16(19-13)17(18-4-2)15-11-12-7-5-6-8-14(12)15/h5-10,15,17-18H,3-4,11H2,1-2H3. The summed E-state index contributed by atoms with van der Waals surface area (Å²) in [5, 5.41) is 3.59. The number of fused-ring (bicyclic) bond motifs is 1. The Morgan fingerprint density at radius 2 is 2.05 bits per heavy atom. The van der Waals surface area contributed by atoms with Gasteiger partial charge in [-0.05, 0) is 36.2 Å². The number of aryl methyl sites for hydroxylation is 1. The summed E-state index contributed by atoms with van der Waals surface area (Å²) in [5.74, 6) is 2.70. The van der Waals surface area contributed by atoms with E-state index in [1.807, 2.05) is 0 Å². The quantitative estimate of drug-likeness (QED) is 0.878. The molecule has 0 bridgehead atoms. The largest absolute Gasteiger partial charge is 0.464 e. The summed E-state index contributed by atoms with van der Waals surface area (Å²) in [6, 6.07) is 13.3. The Hall–Kier alpha value is -1.54. The molecular formula is C17H21NO. The molecule has 1 aromatic carbocycles. The van der Waals surface area contributed by atoms with Crippen molar-refractivity contribution in [2.24, 2.45) is 0 Å². The van der Waals surface area contributed by atoms with Crippen LogP contribution >= 0.6 is 0 Å². The lowest BCUT2D eigenvalue weighted by Crippen LogP contribution is -2.33. The second-order valence-corrected chi connectivity index (χ2v) is 5.20. The van der Waals surface area contributed by atoms with Gasteiger partial charge in [0.05, 0.1) is 6.04 Å². The van der Waals surface area contributed by atoms with Gasteiger partial charge in [-0.25, -0.2) is 0 Å². The Morgan fingerprint density at radius 1 is 1.21 bits per heavy atom. The molecule has 0 aliphatic heterocycles. The van der Waals surface area contributed by atoms with E-state index in [0.717, 1.165) is 30.9 Å². The summed E-state index contributed by atoms with van der Waals surface area (Å²) in [5.41, 5.74) is 2.96. The van der Waals surface area contributed by atoms with Crippen LogP contribution in [0.4, 0.5) is 0 Å². The van der Waals surface area contributed by atoms with Gasteiger partial charge in [0.15, 0.2) is 0 Å². The Bertz CT molecular complexity index is 558. The van der Waals surface area contributed by atoms with Crippen LogP contribution in [0.25, 0.3) is 0 Å². The Labute approximate surface area is 114 Å². The first kappa shape index (κ1) is 12.5. The average molecular weight is 255 g/mol. The number of rotatable bonds is 5. The lowest BCUT2D eigenvalue weighted by atomic mass is 9.73. The Balaban J connectivity index is 1.87. The van der Waals surface area contributed by atoms with E-state index in [1.165, 1.54) is 11.1 Å². The van der Waals surface area contributed by atoms with Crippen LogP contribution in [-0.2, 0) is 12.8 Å². The molecule has 100 valence electrons. The second-order valence-electron chi connectivity index (χ2n) is 5.20. The fraction of sp³-hybridized carbons (Fsp3) is 0.412. The highest BCUT2D eigenvalue weighted by molar-refractivity contribution is 5.42. The number of hydrogen-bond donors (Lipinski definition) is 1. The molecule has 1 aromatic heterocycles. The molecule has 1 aliphatic carbocycles. The predicted octanol–water partition coefficient (Wildman–Crippen LogP) is 3.83. The molecule has 0 saturated carbocycles. The highest BCUT2D eigenvalue weighted by Crippen LogP contribution is 2.43. The van der Waals surface area contributed by atoms with E-state index in [1.54, 1.807) is 0 Å². The average Bonchev–Trinajstić information content (AvgIpc) is 2.88. The molecule has 2 atom stereocenters. The molecule has 2 heteroatoms. The maximum atomic E-state index is 5.96. The van der Waals surface area contributed by atoms with Gasteiger partial charge in [0.1, 0.15) is 11.5 Å². The molecule has 3 rings (SSSR count). The van der Waals surface area contributed by atoms with Crippen molar-refractivity contribution in [2.75, 3.05) is 6.54 Å². The van der Waals surface area contributed by atoms with Crippen molar-refractivity contribution in [3.8, 4) is 0 Å². The molecule has 1 aliphatic rings. The first-order chi connectivity index (χ1) is 9.33. The fourth-order valence-electron chi connectivity index (χ4n) is 3.01. The lowest BCUT2D eigenvalue weighted by molar-refractivity contribution is 0.340. The van der Waals surface area contributed by atoms with Crippen LogP contribution < -0.4 is 5.32 Å². The van der Waals surface area contributed by atoms with Crippen molar-refractivity contribution in [1.29, 1.82) is 0 Å². The van der Waals surface area contributed by atoms with Crippen molar-refractivity contribution in [1.82, 2.24) is 5.32 Å². The van der Waals surface area contributed by atoms with Gasteiger partial charge in [-0.2, -0.15) is 0 Å². The van der Waals surface area contributed by atoms with Crippen LogP contribution in [0.1, 0.15) is 48.5 Å². The maximum Gasteiger partial charge on any atom is 0.121 e. The van der Waals surface area contributed by atoms with Gasteiger partial charge in [-0.15, -0.1) is 0 Å². The summed E-state index contributed by atoms with van der Waals surface area (Å²) in [4.78, 5) is 0.